The molecule has 0 atom stereocenters. The van der Waals surface area contributed by atoms with Crippen molar-refractivity contribution in [3.8, 4) is 5.75 Å². The van der Waals surface area contributed by atoms with Crippen LogP contribution in [-0.4, -0.2) is 12.8 Å². The molecule has 164 valence electrons. The summed E-state index contributed by atoms with van der Waals surface area (Å²) in [5.41, 5.74) is 2.32. The number of hydrogen-bond acceptors (Lipinski definition) is 1. The smallest absolute Gasteiger partial charge is 0.389 e. The summed E-state index contributed by atoms with van der Waals surface area (Å²) in [5, 5.41) is 0. The maximum Gasteiger partial charge on any atom is 0.389 e. The number of ether oxygens (including phenoxy) is 1. The van der Waals surface area contributed by atoms with Gasteiger partial charge in [-0.25, -0.2) is 0 Å². The first-order chi connectivity index (χ1) is 13.9. The Morgan fingerprint density at radius 3 is 2.03 bits per heavy atom. The van der Waals surface area contributed by atoms with Crippen molar-refractivity contribution < 1.29 is 17.9 Å². The van der Waals surface area contributed by atoms with Gasteiger partial charge in [0.2, 0.25) is 0 Å². The van der Waals surface area contributed by atoms with Gasteiger partial charge in [-0.15, -0.1) is 0 Å². The topological polar surface area (TPSA) is 9.23 Å². The molecule has 29 heavy (non-hydrogen) atoms. The number of unbranched alkanes of at least 4 members (excludes halogenated alkanes) is 4. The van der Waals surface area contributed by atoms with E-state index in [1.807, 2.05) is 12.1 Å². The van der Waals surface area contributed by atoms with Crippen molar-refractivity contribution in [3.05, 3.63) is 29.8 Å². The van der Waals surface area contributed by atoms with Gasteiger partial charge in [0.25, 0.3) is 0 Å². The van der Waals surface area contributed by atoms with E-state index in [9.17, 15) is 13.2 Å². The van der Waals surface area contributed by atoms with E-state index >= 15 is 0 Å². The highest BCUT2D eigenvalue weighted by Gasteiger charge is 2.48. The Bertz CT molecular complexity index is 595. The molecule has 1 aromatic rings. The minimum absolute atomic E-state index is 0.00964. The van der Waals surface area contributed by atoms with E-state index in [1.54, 1.807) is 0 Å². The summed E-state index contributed by atoms with van der Waals surface area (Å²) in [6.07, 6.45) is 11.3. The van der Waals surface area contributed by atoms with Crippen LogP contribution in [0.3, 0.4) is 0 Å². The molecule has 2 bridgehead atoms. The van der Waals surface area contributed by atoms with Gasteiger partial charge in [-0.3, -0.25) is 0 Å². The molecule has 0 heterocycles. The summed E-state index contributed by atoms with van der Waals surface area (Å²) in [4.78, 5) is 0. The van der Waals surface area contributed by atoms with E-state index in [-0.39, 0.29) is 13.0 Å². The van der Waals surface area contributed by atoms with Gasteiger partial charge in [-0.1, -0.05) is 51.2 Å². The third-order valence-corrected chi connectivity index (χ3v) is 7.55. The monoisotopic (exact) mass is 410 g/mol. The predicted molar refractivity (Wildman–Crippen MR) is 112 cm³/mol. The summed E-state index contributed by atoms with van der Waals surface area (Å²) in [6.45, 7) is 2.39. The second kappa shape index (κ2) is 9.75. The van der Waals surface area contributed by atoms with Crippen LogP contribution in [0.25, 0.3) is 0 Å². The normalized spacial score (nSPS) is 26.6. The number of hydrogen-bond donors (Lipinski definition) is 0. The third kappa shape index (κ3) is 6.15. The van der Waals surface area contributed by atoms with Crippen LogP contribution in [0, 0.1) is 5.41 Å². The first-order valence-corrected chi connectivity index (χ1v) is 11.7. The van der Waals surface area contributed by atoms with Crippen molar-refractivity contribution >= 4 is 0 Å². The lowest BCUT2D eigenvalue weighted by Crippen LogP contribution is -2.44. The lowest BCUT2D eigenvalue weighted by Gasteiger charge is -2.54. The van der Waals surface area contributed by atoms with Gasteiger partial charge in [-0.05, 0) is 79.9 Å². The second-order valence-corrected chi connectivity index (χ2v) is 9.54. The van der Waals surface area contributed by atoms with Crippen LogP contribution in [0.1, 0.15) is 102 Å². The summed E-state index contributed by atoms with van der Waals surface area (Å²) in [5.74, 6) is 0.681. The number of benzene rings is 1. The molecule has 0 N–H and O–H groups in total. The van der Waals surface area contributed by atoms with Crippen molar-refractivity contribution in [1.29, 1.82) is 0 Å². The number of fused-ring (bicyclic) bond motifs is 3. The highest BCUT2D eigenvalue weighted by molar-refractivity contribution is 5.34. The molecular weight excluding hydrogens is 373 g/mol. The van der Waals surface area contributed by atoms with E-state index in [2.05, 4.69) is 19.1 Å². The SMILES string of the molecule is CCCCCCCC12CCC(c3ccc(OCCCC(F)(F)F)cc3)(CC1)CC2. The van der Waals surface area contributed by atoms with Crippen molar-refractivity contribution in [2.75, 3.05) is 6.61 Å². The molecule has 0 unspecified atom stereocenters. The Morgan fingerprint density at radius 2 is 1.45 bits per heavy atom. The fourth-order valence-electron chi connectivity index (χ4n) is 5.54. The van der Waals surface area contributed by atoms with Gasteiger partial charge < -0.3 is 4.74 Å². The van der Waals surface area contributed by atoms with E-state index in [1.165, 1.54) is 82.6 Å². The lowest BCUT2D eigenvalue weighted by molar-refractivity contribution is -0.136. The molecule has 4 heteroatoms. The number of rotatable bonds is 11. The van der Waals surface area contributed by atoms with Crippen LogP contribution < -0.4 is 4.74 Å². The molecule has 0 saturated heterocycles. The van der Waals surface area contributed by atoms with Crippen molar-refractivity contribution in [1.82, 2.24) is 0 Å². The van der Waals surface area contributed by atoms with Gasteiger partial charge >= 0.3 is 6.18 Å². The first kappa shape index (κ1) is 22.5. The molecule has 0 aliphatic heterocycles. The van der Waals surface area contributed by atoms with E-state index in [4.69, 9.17) is 4.74 Å². The van der Waals surface area contributed by atoms with Gasteiger partial charge in [0.1, 0.15) is 5.75 Å². The summed E-state index contributed by atoms with van der Waals surface area (Å²) in [7, 11) is 0. The van der Waals surface area contributed by atoms with Crippen LogP contribution >= 0.6 is 0 Å². The maximum atomic E-state index is 12.2. The van der Waals surface area contributed by atoms with Crippen molar-refractivity contribution in [2.45, 2.75) is 108 Å². The van der Waals surface area contributed by atoms with Crippen LogP contribution in [0.2, 0.25) is 0 Å². The summed E-state index contributed by atoms with van der Waals surface area (Å²) < 4.78 is 42.2. The van der Waals surface area contributed by atoms with Crippen LogP contribution in [0.5, 0.6) is 5.75 Å². The second-order valence-electron chi connectivity index (χ2n) is 9.54. The third-order valence-electron chi connectivity index (χ3n) is 7.55. The average Bonchev–Trinajstić information content (AvgIpc) is 2.72. The molecular formula is C25H37F3O. The molecule has 3 aliphatic carbocycles. The largest absolute Gasteiger partial charge is 0.494 e. The van der Waals surface area contributed by atoms with Gasteiger partial charge in [-0.2, -0.15) is 13.2 Å². The van der Waals surface area contributed by atoms with Crippen LogP contribution in [0.15, 0.2) is 24.3 Å². The Kier molecular flexibility index (Phi) is 7.56. The minimum atomic E-state index is -4.10. The molecule has 3 fully saturated rings. The highest BCUT2D eigenvalue weighted by atomic mass is 19.4. The highest BCUT2D eigenvalue weighted by Crippen LogP contribution is 2.59. The number of halogens is 3. The van der Waals surface area contributed by atoms with Gasteiger partial charge in [0, 0.05) is 6.42 Å². The Hall–Kier alpha value is -1.19. The maximum absolute atomic E-state index is 12.2. The fourth-order valence-corrected chi connectivity index (χ4v) is 5.54. The van der Waals surface area contributed by atoms with Crippen LogP contribution in [0.4, 0.5) is 13.2 Å². The Balaban J connectivity index is 1.46. The predicted octanol–water partition coefficient (Wildman–Crippen LogP) is 8.36. The van der Waals surface area contributed by atoms with Gasteiger partial charge in [0.05, 0.1) is 6.61 Å². The van der Waals surface area contributed by atoms with E-state index in [0.29, 0.717) is 16.6 Å². The van der Waals surface area contributed by atoms with Gasteiger partial charge in [0.15, 0.2) is 0 Å². The van der Waals surface area contributed by atoms with E-state index in [0.717, 1.165) is 0 Å². The molecule has 0 amide bonds. The molecule has 4 rings (SSSR count). The minimum Gasteiger partial charge on any atom is -0.494 e. The fraction of sp³-hybridized carbons (Fsp3) is 0.760. The summed E-state index contributed by atoms with van der Waals surface area (Å²) >= 11 is 0. The lowest BCUT2D eigenvalue weighted by atomic mass is 9.51. The van der Waals surface area contributed by atoms with Crippen molar-refractivity contribution in [2.24, 2.45) is 5.41 Å². The standard InChI is InChI=1S/C25H37F3O/c1-2-3-4-5-6-12-23-14-17-24(18-15-23,19-16-23)21-8-10-22(11-9-21)29-20-7-13-25(26,27)28/h8-11H,2-7,12-20H2,1H3. The molecule has 1 aromatic carbocycles. The molecule has 0 spiro atoms. The van der Waals surface area contributed by atoms with E-state index < -0.39 is 12.6 Å². The average molecular weight is 411 g/mol. The number of alkyl halides is 3. The zero-order valence-electron chi connectivity index (χ0n) is 18.0. The quantitative estimate of drug-likeness (QED) is 0.333. The Labute approximate surface area is 174 Å². The summed E-state index contributed by atoms with van der Waals surface area (Å²) in [6, 6.07) is 8.20. The molecule has 3 aliphatic rings. The van der Waals surface area contributed by atoms with Crippen LogP contribution in [-0.2, 0) is 5.41 Å². The Morgan fingerprint density at radius 1 is 0.828 bits per heavy atom. The molecule has 3 saturated carbocycles. The first-order valence-electron chi connectivity index (χ1n) is 11.7. The molecule has 1 nitrogen and oxygen atoms in total. The molecule has 0 radical (unpaired) electrons. The van der Waals surface area contributed by atoms with Crippen molar-refractivity contribution in [3.63, 3.8) is 0 Å². The zero-order chi connectivity index (χ0) is 20.8. The zero-order valence-corrected chi connectivity index (χ0v) is 18.0. The molecule has 0 aromatic heterocycles.